The lowest BCUT2D eigenvalue weighted by molar-refractivity contribution is 0.607. The van der Waals surface area contributed by atoms with Crippen LogP contribution in [0.3, 0.4) is 0 Å². The average Bonchev–Trinajstić information content (AvgIpc) is 2.33. The lowest BCUT2D eigenvalue weighted by Gasteiger charge is -2.18. The minimum atomic E-state index is -0.168. The normalized spacial score (nSPS) is 13.3. The predicted molar refractivity (Wildman–Crippen MR) is 74.3 cm³/mol. The molecule has 1 aromatic carbocycles. The van der Waals surface area contributed by atoms with Crippen LogP contribution in [-0.2, 0) is 0 Å². The highest BCUT2D eigenvalue weighted by molar-refractivity contribution is 5.80. The fraction of sp³-hybridized carbons (Fsp3) is 0.500. The molecule has 18 heavy (non-hydrogen) atoms. The summed E-state index contributed by atoms with van der Waals surface area (Å²) in [6, 6.07) is 5.32. The number of hydrogen-bond donors (Lipinski definition) is 2. The van der Waals surface area contributed by atoms with Gasteiger partial charge in [0.1, 0.15) is 5.82 Å². The molecule has 0 saturated heterocycles. The number of rotatable bonds is 4. The highest BCUT2D eigenvalue weighted by Gasteiger charge is 2.09. The predicted octanol–water partition coefficient (Wildman–Crippen LogP) is 2.77. The van der Waals surface area contributed by atoms with Gasteiger partial charge in [0.25, 0.3) is 0 Å². The summed E-state index contributed by atoms with van der Waals surface area (Å²) < 4.78 is 13.5. The van der Waals surface area contributed by atoms with Gasteiger partial charge >= 0.3 is 0 Å². The van der Waals surface area contributed by atoms with Crippen molar-refractivity contribution in [3.05, 3.63) is 35.1 Å². The van der Waals surface area contributed by atoms with E-state index in [0.717, 1.165) is 18.1 Å². The van der Waals surface area contributed by atoms with Gasteiger partial charge in [0.15, 0.2) is 5.96 Å². The number of aryl methyl sites for hydroxylation is 1. The van der Waals surface area contributed by atoms with E-state index < -0.39 is 0 Å². The van der Waals surface area contributed by atoms with Gasteiger partial charge in [-0.2, -0.15) is 0 Å². The van der Waals surface area contributed by atoms with Gasteiger partial charge in [-0.3, -0.25) is 4.99 Å². The number of nitrogens with zero attached hydrogens (tertiary/aromatic N) is 1. The molecular formula is C14H22FN3. The van der Waals surface area contributed by atoms with Crippen molar-refractivity contribution in [2.24, 2.45) is 4.99 Å². The van der Waals surface area contributed by atoms with Crippen molar-refractivity contribution >= 4 is 5.96 Å². The Morgan fingerprint density at radius 2 is 2.11 bits per heavy atom. The molecule has 2 N–H and O–H groups in total. The standard InChI is InChI=1S/C14H22FN3/c1-5-16-14(17-6-2)18-11(4)12-8-7-10(3)13(15)9-12/h7-9,11H,5-6H2,1-4H3,(H2,16,17,18). The van der Waals surface area contributed by atoms with Crippen LogP contribution >= 0.6 is 0 Å². The summed E-state index contributed by atoms with van der Waals surface area (Å²) in [6.07, 6.45) is 0. The van der Waals surface area contributed by atoms with Crippen molar-refractivity contribution in [1.29, 1.82) is 0 Å². The molecule has 0 radical (unpaired) electrons. The first-order valence-electron chi connectivity index (χ1n) is 6.39. The Morgan fingerprint density at radius 1 is 1.39 bits per heavy atom. The Morgan fingerprint density at radius 3 is 2.67 bits per heavy atom. The van der Waals surface area contributed by atoms with E-state index in [0.29, 0.717) is 12.1 Å². The van der Waals surface area contributed by atoms with Crippen LogP contribution < -0.4 is 10.6 Å². The van der Waals surface area contributed by atoms with Gasteiger partial charge in [-0.25, -0.2) is 4.39 Å². The zero-order chi connectivity index (χ0) is 13.5. The quantitative estimate of drug-likeness (QED) is 0.637. The molecule has 0 aliphatic carbocycles. The molecule has 1 unspecified atom stereocenters. The fourth-order valence-electron chi connectivity index (χ4n) is 1.64. The van der Waals surface area contributed by atoms with E-state index >= 15 is 0 Å². The van der Waals surface area contributed by atoms with E-state index in [4.69, 9.17) is 0 Å². The van der Waals surface area contributed by atoms with Crippen molar-refractivity contribution in [2.75, 3.05) is 13.1 Å². The van der Waals surface area contributed by atoms with Gasteiger partial charge in [-0.1, -0.05) is 12.1 Å². The third-order valence-corrected chi connectivity index (χ3v) is 2.71. The summed E-state index contributed by atoms with van der Waals surface area (Å²) in [5.74, 6) is 0.590. The van der Waals surface area contributed by atoms with E-state index in [9.17, 15) is 4.39 Å². The van der Waals surface area contributed by atoms with Gasteiger partial charge in [0.2, 0.25) is 0 Å². The summed E-state index contributed by atoms with van der Waals surface area (Å²) >= 11 is 0. The topological polar surface area (TPSA) is 36.4 Å². The SMILES string of the molecule is CCN=C(NCC)NC(C)c1ccc(C)c(F)c1. The summed E-state index contributed by atoms with van der Waals surface area (Å²) in [4.78, 5) is 4.32. The second-order valence-electron chi connectivity index (χ2n) is 4.23. The molecule has 1 rings (SSSR count). The van der Waals surface area contributed by atoms with E-state index in [1.807, 2.05) is 26.8 Å². The molecule has 0 heterocycles. The van der Waals surface area contributed by atoms with Crippen LogP contribution in [0, 0.1) is 12.7 Å². The molecule has 0 aromatic heterocycles. The van der Waals surface area contributed by atoms with Crippen LogP contribution in [0.4, 0.5) is 4.39 Å². The molecule has 0 fully saturated rings. The lowest BCUT2D eigenvalue weighted by Crippen LogP contribution is -2.38. The number of halogens is 1. The van der Waals surface area contributed by atoms with Crippen molar-refractivity contribution in [3.8, 4) is 0 Å². The van der Waals surface area contributed by atoms with Gasteiger partial charge < -0.3 is 10.6 Å². The minimum absolute atomic E-state index is 0.0180. The Hall–Kier alpha value is -1.58. The first-order valence-corrected chi connectivity index (χ1v) is 6.39. The monoisotopic (exact) mass is 251 g/mol. The second-order valence-corrected chi connectivity index (χ2v) is 4.23. The Balaban J connectivity index is 2.76. The van der Waals surface area contributed by atoms with Crippen LogP contribution in [0.1, 0.15) is 37.9 Å². The number of guanidine groups is 1. The largest absolute Gasteiger partial charge is 0.357 e. The van der Waals surface area contributed by atoms with Gasteiger partial charge in [-0.05, 0) is 44.9 Å². The third kappa shape index (κ3) is 4.02. The van der Waals surface area contributed by atoms with Crippen LogP contribution in [0.5, 0.6) is 0 Å². The van der Waals surface area contributed by atoms with E-state index in [1.165, 1.54) is 0 Å². The van der Waals surface area contributed by atoms with Crippen molar-refractivity contribution in [3.63, 3.8) is 0 Å². The Bertz CT molecular complexity index is 416. The van der Waals surface area contributed by atoms with Crippen molar-refractivity contribution in [1.82, 2.24) is 10.6 Å². The zero-order valence-electron chi connectivity index (χ0n) is 11.5. The summed E-state index contributed by atoms with van der Waals surface area (Å²) in [6.45, 7) is 9.27. The Kier molecular flexibility index (Phi) is 5.62. The van der Waals surface area contributed by atoms with Crippen molar-refractivity contribution in [2.45, 2.75) is 33.7 Å². The highest BCUT2D eigenvalue weighted by Crippen LogP contribution is 2.16. The molecule has 1 aromatic rings. The molecule has 0 amide bonds. The van der Waals surface area contributed by atoms with Gasteiger partial charge in [0.05, 0.1) is 6.04 Å². The van der Waals surface area contributed by atoms with Crippen LogP contribution in [-0.4, -0.2) is 19.0 Å². The summed E-state index contributed by atoms with van der Waals surface area (Å²) in [5, 5.41) is 6.41. The minimum Gasteiger partial charge on any atom is -0.357 e. The lowest BCUT2D eigenvalue weighted by atomic mass is 10.1. The molecule has 0 aliphatic rings. The maximum Gasteiger partial charge on any atom is 0.191 e. The summed E-state index contributed by atoms with van der Waals surface area (Å²) in [5.41, 5.74) is 1.58. The maximum atomic E-state index is 13.5. The van der Waals surface area contributed by atoms with Crippen molar-refractivity contribution < 1.29 is 4.39 Å². The smallest absolute Gasteiger partial charge is 0.191 e. The molecule has 0 saturated carbocycles. The molecule has 0 spiro atoms. The van der Waals surface area contributed by atoms with Gasteiger partial charge in [0, 0.05) is 13.1 Å². The molecular weight excluding hydrogens is 229 g/mol. The fourth-order valence-corrected chi connectivity index (χ4v) is 1.64. The van der Waals surface area contributed by atoms with E-state index in [2.05, 4.69) is 15.6 Å². The molecule has 1 atom stereocenters. The number of aliphatic imine (C=N–C) groups is 1. The maximum absolute atomic E-state index is 13.5. The highest BCUT2D eigenvalue weighted by atomic mass is 19.1. The van der Waals surface area contributed by atoms with E-state index in [1.54, 1.807) is 19.1 Å². The number of nitrogens with one attached hydrogen (secondary N) is 2. The Labute approximate surface area is 109 Å². The van der Waals surface area contributed by atoms with Crippen LogP contribution in [0.25, 0.3) is 0 Å². The number of hydrogen-bond acceptors (Lipinski definition) is 1. The molecule has 100 valence electrons. The third-order valence-electron chi connectivity index (χ3n) is 2.71. The van der Waals surface area contributed by atoms with Gasteiger partial charge in [-0.15, -0.1) is 0 Å². The van der Waals surface area contributed by atoms with Crippen LogP contribution in [0.2, 0.25) is 0 Å². The summed E-state index contributed by atoms with van der Waals surface area (Å²) in [7, 11) is 0. The first-order chi connectivity index (χ1) is 8.58. The average molecular weight is 251 g/mol. The van der Waals surface area contributed by atoms with Crippen LogP contribution in [0.15, 0.2) is 23.2 Å². The molecule has 4 heteroatoms. The number of benzene rings is 1. The molecule has 0 bridgehead atoms. The van der Waals surface area contributed by atoms with E-state index in [-0.39, 0.29) is 11.9 Å². The molecule has 3 nitrogen and oxygen atoms in total. The molecule has 0 aliphatic heterocycles. The first kappa shape index (κ1) is 14.5. The zero-order valence-corrected chi connectivity index (χ0v) is 11.5. The second kappa shape index (κ2) is 6.99.